The normalized spacial score (nSPS) is 23.5. The van der Waals surface area contributed by atoms with Crippen molar-refractivity contribution in [2.75, 3.05) is 32.7 Å². The molecule has 24 heavy (non-hydrogen) atoms. The van der Waals surface area contributed by atoms with Crippen molar-refractivity contribution in [2.24, 2.45) is 0 Å². The highest BCUT2D eigenvalue weighted by Gasteiger charge is 2.35. The predicted molar refractivity (Wildman–Crippen MR) is 92.6 cm³/mol. The Balaban J connectivity index is 1.82. The predicted octanol–water partition coefficient (Wildman–Crippen LogP) is 1.23. The molecule has 1 amide bonds. The number of carbonyl (C=O) groups excluding carboxylic acids is 1. The molecule has 0 saturated carbocycles. The molecule has 0 aromatic heterocycles. The highest BCUT2D eigenvalue weighted by Crippen LogP contribution is 2.27. The van der Waals surface area contributed by atoms with Crippen molar-refractivity contribution in [3.05, 3.63) is 28.8 Å². The van der Waals surface area contributed by atoms with Crippen LogP contribution in [-0.2, 0) is 14.8 Å². The molecule has 2 aliphatic heterocycles. The van der Waals surface area contributed by atoms with Gasteiger partial charge in [-0.1, -0.05) is 11.6 Å². The summed E-state index contributed by atoms with van der Waals surface area (Å²) in [7, 11) is -3.58. The van der Waals surface area contributed by atoms with E-state index in [4.69, 9.17) is 11.6 Å². The lowest BCUT2D eigenvalue weighted by atomic mass is 10.1. The molecule has 0 aliphatic carbocycles. The number of benzene rings is 1. The van der Waals surface area contributed by atoms with Gasteiger partial charge in [0, 0.05) is 37.2 Å². The quantitative estimate of drug-likeness (QED) is 0.867. The Kier molecular flexibility index (Phi) is 5.15. The number of carbonyl (C=O) groups is 1. The van der Waals surface area contributed by atoms with Gasteiger partial charge in [0.1, 0.15) is 0 Å². The monoisotopic (exact) mass is 371 g/mol. The molecule has 8 heteroatoms. The molecule has 6 nitrogen and oxygen atoms in total. The van der Waals surface area contributed by atoms with Crippen molar-refractivity contribution < 1.29 is 13.2 Å². The molecule has 1 N–H and O–H groups in total. The Labute approximate surface area is 147 Å². The minimum atomic E-state index is -3.58. The first kappa shape index (κ1) is 17.7. The van der Waals surface area contributed by atoms with Crippen molar-refractivity contribution in [2.45, 2.75) is 30.7 Å². The largest absolute Gasteiger partial charge is 0.336 e. The average Bonchev–Trinajstić information content (AvgIpc) is 2.55. The molecule has 132 valence electrons. The first-order valence-corrected chi connectivity index (χ1v) is 9.98. The Hall–Kier alpha value is -1.15. The van der Waals surface area contributed by atoms with Crippen LogP contribution >= 0.6 is 11.6 Å². The van der Waals surface area contributed by atoms with Gasteiger partial charge in [-0.15, -0.1) is 0 Å². The van der Waals surface area contributed by atoms with Crippen molar-refractivity contribution in [3.63, 3.8) is 0 Å². The number of piperidine rings is 1. The summed E-state index contributed by atoms with van der Waals surface area (Å²) in [6.07, 6.45) is 1.60. The molecule has 2 fully saturated rings. The molecule has 1 atom stereocenters. The molecular formula is C16H22ClN3O3S. The van der Waals surface area contributed by atoms with Gasteiger partial charge >= 0.3 is 0 Å². The third-order valence-electron chi connectivity index (χ3n) is 4.68. The summed E-state index contributed by atoms with van der Waals surface area (Å²) in [5.74, 6) is 0.0492. The van der Waals surface area contributed by atoms with E-state index in [1.54, 1.807) is 25.1 Å². The molecule has 0 radical (unpaired) electrons. The number of nitrogens with zero attached hydrogens (tertiary/aromatic N) is 2. The number of hydrogen-bond acceptors (Lipinski definition) is 4. The van der Waals surface area contributed by atoms with Crippen LogP contribution in [0.2, 0.25) is 5.02 Å². The lowest BCUT2D eigenvalue weighted by Crippen LogP contribution is -2.57. The van der Waals surface area contributed by atoms with E-state index in [2.05, 4.69) is 5.32 Å². The van der Waals surface area contributed by atoms with E-state index in [9.17, 15) is 13.2 Å². The van der Waals surface area contributed by atoms with Crippen LogP contribution in [0.3, 0.4) is 0 Å². The van der Waals surface area contributed by atoms with E-state index in [1.165, 1.54) is 4.31 Å². The Morgan fingerprint density at radius 1 is 1.29 bits per heavy atom. The zero-order chi connectivity index (χ0) is 17.3. The summed E-state index contributed by atoms with van der Waals surface area (Å²) in [5, 5.41) is 3.57. The summed E-state index contributed by atoms with van der Waals surface area (Å²) in [5.41, 5.74) is 0.642. The van der Waals surface area contributed by atoms with Gasteiger partial charge in [-0.2, -0.15) is 4.31 Å². The second-order valence-corrected chi connectivity index (χ2v) is 8.68. The highest BCUT2D eigenvalue weighted by atomic mass is 35.5. The molecule has 0 spiro atoms. The van der Waals surface area contributed by atoms with E-state index in [0.717, 1.165) is 19.4 Å². The third-order valence-corrected chi connectivity index (χ3v) is 6.94. The van der Waals surface area contributed by atoms with Crippen molar-refractivity contribution in [1.82, 2.24) is 14.5 Å². The molecule has 1 aromatic carbocycles. The Morgan fingerprint density at radius 3 is 2.79 bits per heavy atom. The number of piperazine rings is 1. The second kappa shape index (κ2) is 7.00. The summed E-state index contributed by atoms with van der Waals surface area (Å²) >= 11 is 5.94. The molecular weight excluding hydrogens is 350 g/mol. The standard InChI is InChI=1S/C16H22ClN3O3S/c1-12-9-13(17)4-5-15(12)24(22,23)19-7-2-3-14(11-19)20-8-6-18-10-16(20)21/h4-5,9,14,18H,2-3,6-8,10-11H2,1H3. The molecule has 0 bridgehead atoms. The van der Waals surface area contributed by atoms with Crippen LogP contribution in [0.5, 0.6) is 0 Å². The number of halogens is 1. The first-order valence-electron chi connectivity index (χ1n) is 8.16. The number of hydrogen-bond donors (Lipinski definition) is 1. The maximum absolute atomic E-state index is 13.0. The number of sulfonamides is 1. The van der Waals surface area contributed by atoms with E-state index < -0.39 is 10.0 Å². The minimum absolute atomic E-state index is 0.0456. The highest BCUT2D eigenvalue weighted by molar-refractivity contribution is 7.89. The molecule has 1 aromatic rings. The fourth-order valence-corrected chi connectivity index (χ4v) is 5.39. The first-order chi connectivity index (χ1) is 11.4. The van der Waals surface area contributed by atoms with Gasteiger partial charge in [0.15, 0.2) is 0 Å². The van der Waals surface area contributed by atoms with Crippen LogP contribution in [0.25, 0.3) is 0 Å². The minimum Gasteiger partial charge on any atom is -0.336 e. The summed E-state index contributed by atoms with van der Waals surface area (Å²) in [4.78, 5) is 14.2. The zero-order valence-corrected chi connectivity index (χ0v) is 15.2. The second-order valence-electron chi connectivity index (χ2n) is 6.33. The summed E-state index contributed by atoms with van der Waals surface area (Å²) in [6, 6.07) is 4.78. The molecule has 2 aliphatic rings. The van der Waals surface area contributed by atoms with Gasteiger partial charge in [0.05, 0.1) is 11.4 Å². The van der Waals surface area contributed by atoms with Crippen molar-refractivity contribution in [1.29, 1.82) is 0 Å². The van der Waals surface area contributed by atoms with Gasteiger partial charge < -0.3 is 10.2 Å². The fourth-order valence-electron chi connectivity index (χ4n) is 3.44. The van der Waals surface area contributed by atoms with Crippen molar-refractivity contribution in [3.8, 4) is 0 Å². The van der Waals surface area contributed by atoms with Gasteiger partial charge in [-0.3, -0.25) is 4.79 Å². The van der Waals surface area contributed by atoms with Crippen LogP contribution < -0.4 is 5.32 Å². The lowest BCUT2D eigenvalue weighted by Gasteiger charge is -2.40. The SMILES string of the molecule is Cc1cc(Cl)ccc1S(=O)(=O)N1CCCC(N2CCNCC2=O)C1. The average molecular weight is 372 g/mol. The van der Waals surface area contributed by atoms with Gasteiger partial charge in [-0.05, 0) is 43.5 Å². The van der Waals surface area contributed by atoms with Crippen LogP contribution in [0.1, 0.15) is 18.4 Å². The number of amides is 1. The molecule has 2 saturated heterocycles. The molecule has 3 rings (SSSR count). The molecule has 2 heterocycles. The third kappa shape index (κ3) is 3.44. The number of aryl methyl sites for hydroxylation is 1. The molecule has 1 unspecified atom stereocenters. The van der Waals surface area contributed by atoms with Gasteiger partial charge in [0.2, 0.25) is 15.9 Å². The number of rotatable bonds is 3. The Bertz CT molecular complexity index is 738. The van der Waals surface area contributed by atoms with Gasteiger partial charge in [0.25, 0.3) is 0 Å². The fraction of sp³-hybridized carbons (Fsp3) is 0.562. The summed E-state index contributed by atoms with van der Waals surface area (Å²) in [6.45, 7) is 4.32. The lowest BCUT2D eigenvalue weighted by molar-refractivity contribution is -0.135. The van der Waals surface area contributed by atoms with Gasteiger partial charge in [-0.25, -0.2) is 8.42 Å². The smallest absolute Gasteiger partial charge is 0.243 e. The number of nitrogens with one attached hydrogen (secondary N) is 1. The zero-order valence-electron chi connectivity index (χ0n) is 13.7. The Morgan fingerprint density at radius 2 is 2.08 bits per heavy atom. The van der Waals surface area contributed by atoms with E-state index >= 15 is 0 Å². The van der Waals surface area contributed by atoms with Crippen molar-refractivity contribution >= 4 is 27.5 Å². The van der Waals surface area contributed by atoms with Crippen LogP contribution in [0, 0.1) is 6.92 Å². The van der Waals surface area contributed by atoms with E-state index in [-0.39, 0.29) is 11.9 Å². The van der Waals surface area contributed by atoms with Crippen LogP contribution in [0.4, 0.5) is 0 Å². The van der Waals surface area contributed by atoms with E-state index in [1.807, 2.05) is 4.90 Å². The maximum Gasteiger partial charge on any atom is 0.243 e. The van der Waals surface area contributed by atoms with Crippen LogP contribution in [-0.4, -0.2) is 62.3 Å². The van der Waals surface area contributed by atoms with Crippen LogP contribution in [0.15, 0.2) is 23.1 Å². The summed E-state index contributed by atoms with van der Waals surface area (Å²) < 4.78 is 27.5. The van der Waals surface area contributed by atoms with E-state index in [0.29, 0.717) is 41.7 Å². The maximum atomic E-state index is 13.0. The topological polar surface area (TPSA) is 69.7 Å².